The second kappa shape index (κ2) is 6.32. The molecule has 3 rings (SSSR count). The predicted molar refractivity (Wildman–Crippen MR) is 88.7 cm³/mol. The van der Waals surface area contributed by atoms with Crippen LogP contribution in [-0.4, -0.2) is 16.1 Å². The van der Waals surface area contributed by atoms with Crippen molar-refractivity contribution >= 4 is 5.97 Å². The summed E-state index contributed by atoms with van der Waals surface area (Å²) in [5.74, 6) is -1.22. The second-order valence-corrected chi connectivity index (χ2v) is 5.23. The van der Waals surface area contributed by atoms with Crippen LogP contribution in [0.25, 0.3) is 11.1 Å². The van der Waals surface area contributed by atoms with Gasteiger partial charge in [-0.25, -0.2) is 4.79 Å². The molecule has 0 bridgehead atoms. The van der Waals surface area contributed by atoms with Gasteiger partial charge in [-0.15, -0.1) is 0 Å². The number of carboxylic acid groups (broad SMARTS) is 1. The van der Waals surface area contributed by atoms with Crippen LogP contribution in [0, 0.1) is 0 Å². The van der Waals surface area contributed by atoms with Gasteiger partial charge in [0, 0.05) is 12.1 Å². The topological polar surface area (TPSA) is 70.2 Å². The van der Waals surface area contributed by atoms with Crippen molar-refractivity contribution in [2.75, 3.05) is 0 Å². The lowest BCUT2D eigenvalue weighted by molar-refractivity contribution is 0.0695. The monoisotopic (exact) mass is 305 g/mol. The van der Waals surface area contributed by atoms with Crippen LogP contribution in [0.1, 0.15) is 21.6 Å². The SMILES string of the molecule is O=C(O)c1ccc(Cc2ccccc2-c2ccccc2)[nH]c1=O. The van der Waals surface area contributed by atoms with Gasteiger partial charge in [0.25, 0.3) is 5.56 Å². The van der Waals surface area contributed by atoms with E-state index in [2.05, 4.69) is 4.98 Å². The Kier molecular flexibility index (Phi) is 4.06. The minimum absolute atomic E-state index is 0.245. The molecule has 0 aliphatic rings. The lowest BCUT2D eigenvalue weighted by Crippen LogP contribution is -2.18. The summed E-state index contributed by atoms with van der Waals surface area (Å²) < 4.78 is 0. The van der Waals surface area contributed by atoms with Gasteiger partial charge in [0.2, 0.25) is 0 Å². The average molecular weight is 305 g/mol. The third-order valence-electron chi connectivity index (χ3n) is 3.68. The molecule has 0 saturated carbocycles. The van der Waals surface area contributed by atoms with E-state index in [4.69, 9.17) is 5.11 Å². The van der Waals surface area contributed by atoms with Gasteiger partial charge in [-0.2, -0.15) is 0 Å². The van der Waals surface area contributed by atoms with E-state index in [0.29, 0.717) is 12.1 Å². The standard InChI is InChI=1S/C19H15NO3/c21-18-17(19(22)23)11-10-15(20-18)12-14-8-4-5-9-16(14)13-6-2-1-3-7-13/h1-11H,12H2,(H,20,21)(H,22,23). The lowest BCUT2D eigenvalue weighted by Gasteiger charge is -2.10. The Morgan fingerprint density at radius 1 is 0.913 bits per heavy atom. The lowest BCUT2D eigenvalue weighted by atomic mass is 9.96. The highest BCUT2D eigenvalue weighted by atomic mass is 16.4. The number of carboxylic acids is 1. The molecule has 1 heterocycles. The number of nitrogens with one attached hydrogen (secondary N) is 1. The van der Waals surface area contributed by atoms with Crippen LogP contribution >= 0.6 is 0 Å². The van der Waals surface area contributed by atoms with Crippen LogP contribution in [0.4, 0.5) is 0 Å². The highest BCUT2D eigenvalue weighted by Crippen LogP contribution is 2.24. The molecule has 0 unspecified atom stereocenters. The molecule has 23 heavy (non-hydrogen) atoms. The maximum absolute atomic E-state index is 11.8. The van der Waals surface area contributed by atoms with Crippen molar-refractivity contribution < 1.29 is 9.90 Å². The van der Waals surface area contributed by atoms with E-state index in [1.807, 2.05) is 54.6 Å². The van der Waals surface area contributed by atoms with E-state index < -0.39 is 11.5 Å². The minimum atomic E-state index is -1.22. The highest BCUT2D eigenvalue weighted by Gasteiger charge is 2.10. The van der Waals surface area contributed by atoms with Gasteiger partial charge in [-0.1, -0.05) is 54.6 Å². The zero-order valence-electron chi connectivity index (χ0n) is 12.3. The van der Waals surface area contributed by atoms with E-state index in [0.717, 1.165) is 16.7 Å². The zero-order valence-corrected chi connectivity index (χ0v) is 12.3. The number of pyridine rings is 1. The molecule has 1 aromatic heterocycles. The molecule has 0 amide bonds. The number of carbonyl (C=O) groups is 1. The first-order chi connectivity index (χ1) is 11.1. The first kappa shape index (κ1) is 14.8. The van der Waals surface area contributed by atoms with E-state index in [9.17, 15) is 9.59 Å². The Balaban J connectivity index is 1.97. The van der Waals surface area contributed by atoms with Crippen molar-refractivity contribution in [2.45, 2.75) is 6.42 Å². The van der Waals surface area contributed by atoms with Crippen LogP contribution in [0.5, 0.6) is 0 Å². The van der Waals surface area contributed by atoms with Gasteiger partial charge in [0.1, 0.15) is 5.56 Å². The maximum Gasteiger partial charge on any atom is 0.341 e. The van der Waals surface area contributed by atoms with Crippen molar-refractivity contribution in [3.63, 3.8) is 0 Å². The Labute approximate surface area is 133 Å². The molecule has 0 aliphatic heterocycles. The van der Waals surface area contributed by atoms with Crippen LogP contribution in [0.15, 0.2) is 71.5 Å². The summed E-state index contributed by atoms with van der Waals surface area (Å²) in [5.41, 5.74) is 3.13. The summed E-state index contributed by atoms with van der Waals surface area (Å²) >= 11 is 0. The number of H-pyrrole nitrogens is 1. The largest absolute Gasteiger partial charge is 0.477 e. The van der Waals surface area contributed by atoms with Gasteiger partial charge in [0.15, 0.2) is 0 Å². The number of benzene rings is 2. The molecule has 0 radical (unpaired) electrons. The van der Waals surface area contributed by atoms with Crippen molar-refractivity contribution in [3.05, 3.63) is 93.9 Å². The molecule has 2 N–H and O–H groups in total. The molecule has 0 fully saturated rings. The van der Waals surface area contributed by atoms with Gasteiger partial charge < -0.3 is 10.1 Å². The summed E-state index contributed by atoms with van der Waals surface area (Å²) in [6, 6.07) is 21.0. The molecule has 0 atom stereocenters. The third-order valence-corrected chi connectivity index (χ3v) is 3.68. The number of hydrogen-bond donors (Lipinski definition) is 2. The molecule has 0 aliphatic carbocycles. The highest BCUT2D eigenvalue weighted by molar-refractivity contribution is 5.87. The van der Waals surface area contributed by atoms with E-state index in [1.165, 1.54) is 6.07 Å². The van der Waals surface area contributed by atoms with Crippen LogP contribution < -0.4 is 5.56 Å². The second-order valence-electron chi connectivity index (χ2n) is 5.23. The third kappa shape index (κ3) is 3.21. The van der Waals surface area contributed by atoms with Gasteiger partial charge in [0.05, 0.1) is 0 Å². The fourth-order valence-corrected chi connectivity index (χ4v) is 2.56. The smallest absolute Gasteiger partial charge is 0.341 e. The predicted octanol–water partition coefficient (Wildman–Crippen LogP) is 3.33. The minimum Gasteiger partial charge on any atom is -0.477 e. The number of aromatic carboxylic acids is 1. The fraction of sp³-hybridized carbons (Fsp3) is 0.0526. The first-order valence-corrected chi connectivity index (χ1v) is 7.24. The Bertz CT molecular complexity index is 898. The van der Waals surface area contributed by atoms with E-state index in [-0.39, 0.29) is 5.56 Å². The Hall–Kier alpha value is -3.14. The molecule has 0 spiro atoms. The fourth-order valence-electron chi connectivity index (χ4n) is 2.56. The average Bonchev–Trinajstić information content (AvgIpc) is 2.56. The van der Waals surface area contributed by atoms with Crippen LogP contribution in [0.2, 0.25) is 0 Å². The van der Waals surface area contributed by atoms with E-state index >= 15 is 0 Å². The molecule has 114 valence electrons. The van der Waals surface area contributed by atoms with E-state index in [1.54, 1.807) is 6.07 Å². The molecular formula is C19H15NO3. The molecule has 4 nitrogen and oxygen atoms in total. The number of rotatable bonds is 4. The summed E-state index contributed by atoms with van der Waals surface area (Å²) in [5, 5.41) is 8.92. The van der Waals surface area contributed by atoms with Crippen molar-refractivity contribution in [3.8, 4) is 11.1 Å². The first-order valence-electron chi connectivity index (χ1n) is 7.24. The summed E-state index contributed by atoms with van der Waals surface area (Å²) in [6.07, 6.45) is 0.528. The summed E-state index contributed by atoms with van der Waals surface area (Å²) in [4.78, 5) is 25.3. The van der Waals surface area contributed by atoms with Crippen molar-refractivity contribution in [1.82, 2.24) is 4.98 Å². The summed E-state index contributed by atoms with van der Waals surface area (Å²) in [7, 11) is 0. The molecular weight excluding hydrogens is 290 g/mol. The maximum atomic E-state index is 11.8. The van der Waals surface area contributed by atoms with Crippen molar-refractivity contribution in [2.24, 2.45) is 0 Å². The van der Waals surface area contributed by atoms with Crippen LogP contribution in [0.3, 0.4) is 0 Å². The summed E-state index contributed by atoms with van der Waals surface area (Å²) in [6.45, 7) is 0. The molecule has 0 saturated heterocycles. The molecule has 3 aromatic rings. The quantitative estimate of drug-likeness (QED) is 0.776. The normalized spacial score (nSPS) is 10.4. The number of aromatic amines is 1. The molecule has 4 heteroatoms. The molecule has 2 aromatic carbocycles. The van der Waals surface area contributed by atoms with Gasteiger partial charge >= 0.3 is 5.97 Å². The van der Waals surface area contributed by atoms with Gasteiger partial charge in [-0.05, 0) is 28.8 Å². The Morgan fingerprint density at radius 3 is 2.30 bits per heavy atom. The zero-order chi connectivity index (χ0) is 16.2. The number of aromatic nitrogens is 1. The van der Waals surface area contributed by atoms with Gasteiger partial charge in [-0.3, -0.25) is 4.79 Å². The Morgan fingerprint density at radius 2 is 1.61 bits per heavy atom. The van der Waals surface area contributed by atoms with Crippen molar-refractivity contribution in [1.29, 1.82) is 0 Å². The van der Waals surface area contributed by atoms with Crippen LogP contribution in [-0.2, 0) is 6.42 Å². The number of hydrogen-bond acceptors (Lipinski definition) is 2.